The van der Waals surface area contributed by atoms with Gasteiger partial charge in [-0.25, -0.2) is 19.2 Å². The molecule has 0 bridgehead atoms. The van der Waals surface area contributed by atoms with Crippen molar-refractivity contribution in [1.29, 1.82) is 0 Å². The van der Waals surface area contributed by atoms with Crippen LogP contribution in [0.4, 0.5) is 10.2 Å². The quantitative estimate of drug-likeness (QED) is 0.415. The number of H-pyrrole nitrogens is 1. The molecule has 0 aliphatic carbocycles. The summed E-state index contributed by atoms with van der Waals surface area (Å²) in [4.78, 5) is 47.0. The molecule has 4 aromatic rings. The van der Waals surface area contributed by atoms with Crippen LogP contribution in [0.15, 0.2) is 52.3 Å². The number of nitrogens with zero attached hydrogens (tertiary/aromatic N) is 4. The molecule has 0 aromatic carbocycles. The third kappa shape index (κ3) is 4.64. The van der Waals surface area contributed by atoms with Gasteiger partial charge in [0.2, 0.25) is 11.0 Å². The van der Waals surface area contributed by atoms with Gasteiger partial charge in [-0.2, -0.15) is 0 Å². The number of halogens is 1. The second-order valence-electron chi connectivity index (χ2n) is 7.63. The zero-order valence-corrected chi connectivity index (χ0v) is 18.4. The Kier molecular flexibility index (Phi) is 6.64. The summed E-state index contributed by atoms with van der Waals surface area (Å²) in [5.74, 6) is -1.74. The van der Waals surface area contributed by atoms with Gasteiger partial charge in [0.05, 0.1) is 5.39 Å². The standard InChI is InChI=1S/C15H17FN4O3.C8H6N2O/c1-2-19-8-10(15(22)23)12(21)9-7-11(16)14(18-13(9)19)20-5-3-17-4-6-20;11-7-4-3-6-2-1-5-9-8(6)10-7/h7-8,17H,2-6H2,1H3,(H,22,23);1-5H,(H,9,10,11). The summed E-state index contributed by atoms with van der Waals surface area (Å²) in [6.07, 6.45) is 2.91. The SMILES string of the molecule is CCn1cc(C(=O)O)c(=O)c2cc(F)c(N3CCNCC3)nc21.O=c1ccc2cccnc2[nH]1. The summed E-state index contributed by atoms with van der Waals surface area (Å²) in [5.41, 5.74) is -0.264. The van der Waals surface area contributed by atoms with E-state index in [4.69, 9.17) is 5.11 Å². The van der Waals surface area contributed by atoms with Gasteiger partial charge in [0.1, 0.15) is 16.9 Å². The first-order valence-corrected chi connectivity index (χ1v) is 10.8. The van der Waals surface area contributed by atoms with Crippen LogP contribution in [0.3, 0.4) is 0 Å². The molecule has 34 heavy (non-hydrogen) atoms. The molecule has 0 unspecified atom stereocenters. The zero-order chi connectivity index (χ0) is 24.2. The zero-order valence-electron chi connectivity index (χ0n) is 18.4. The Balaban J connectivity index is 0.000000207. The predicted molar refractivity (Wildman–Crippen MR) is 126 cm³/mol. The van der Waals surface area contributed by atoms with Crippen molar-refractivity contribution in [3.63, 3.8) is 0 Å². The number of rotatable bonds is 3. The lowest BCUT2D eigenvalue weighted by Crippen LogP contribution is -2.44. The van der Waals surface area contributed by atoms with Crippen LogP contribution < -0.4 is 21.2 Å². The number of pyridine rings is 4. The van der Waals surface area contributed by atoms with Crippen LogP contribution in [0.5, 0.6) is 0 Å². The van der Waals surface area contributed by atoms with Gasteiger partial charge in [-0.1, -0.05) is 0 Å². The molecule has 5 rings (SSSR count). The number of carbonyl (C=O) groups is 1. The van der Waals surface area contributed by atoms with Crippen molar-refractivity contribution < 1.29 is 14.3 Å². The molecule has 0 amide bonds. The Labute approximate surface area is 192 Å². The highest BCUT2D eigenvalue weighted by atomic mass is 19.1. The molecule has 1 aliphatic heterocycles. The molecule has 1 aliphatic rings. The number of hydrogen-bond acceptors (Lipinski definition) is 7. The maximum Gasteiger partial charge on any atom is 0.341 e. The lowest BCUT2D eigenvalue weighted by Gasteiger charge is -2.29. The van der Waals surface area contributed by atoms with Crippen molar-refractivity contribution in [2.24, 2.45) is 0 Å². The summed E-state index contributed by atoms with van der Waals surface area (Å²) in [5, 5.41) is 13.3. The van der Waals surface area contributed by atoms with Crippen LogP contribution in [-0.2, 0) is 6.54 Å². The highest BCUT2D eigenvalue weighted by Crippen LogP contribution is 2.21. The fourth-order valence-corrected chi connectivity index (χ4v) is 3.75. The monoisotopic (exact) mass is 466 g/mol. The largest absolute Gasteiger partial charge is 0.477 e. The number of fused-ring (bicyclic) bond motifs is 2. The normalized spacial score (nSPS) is 13.5. The molecule has 0 spiro atoms. The smallest absolute Gasteiger partial charge is 0.341 e. The first kappa shape index (κ1) is 23.1. The highest BCUT2D eigenvalue weighted by molar-refractivity contribution is 5.92. The van der Waals surface area contributed by atoms with E-state index in [0.717, 1.165) is 24.5 Å². The molecule has 1 fully saturated rings. The average molecular weight is 466 g/mol. The van der Waals surface area contributed by atoms with Gasteiger partial charge in [-0.15, -0.1) is 0 Å². The summed E-state index contributed by atoms with van der Waals surface area (Å²) in [7, 11) is 0. The molecule has 1 saturated heterocycles. The molecule has 5 heterocycles. The van der Waals surface area contributed by atoms with Crippen LogP contribution in [0, 0.1) is 5.82 Å². The lowest BCUT2D eigenvalue weighted by atomic mass is 10.2. The molecule has 3 N–H and O–H groups in total. The van der Waals surface area contributed by atoms with Gasteiger partial charge in [-0.05, 0) is 31.2 Å². The Morgan fingerprint density at radius 3 is 2.68 bits per heavy atom. The molecular formula is C23H23FN6O4. The number of piperazine rings is 1. The second-order valence-corrected chi connectivity index (χ2v) is 7.63. The van der Waals surface area contributed by atoms with E-state index in [1.165, 1.54) is 12.3 Å². The number of nitrogens with one attached hydrogen (secondary N) is 2. The number of aryl methyl sites for hydroxylation is 1. The predicted octanol–water partition coefficient (Wildman–Crippen LogP) is 1.59. The van der Waals surface area contributed by atoms with E-state index in [9.17, 15) is 18.8 Å². The van der Waals surface area contributed by atoms with Crippen molar-refractivity contribution in [1.82, 2.24) is 24.8 Å². The van der Waals surface area contributed by atoms with Gasteiger partial charge in [0, 0.05) is 56.6 Å². The van der Waals surface area contributed by atoms with Crippen molar-refractivity contribution in [3.05, 3.63) is 74.7 Å². The minimum Gasteiger partial charge on any atom is -0.477 e. The molecule has 0 saturated carbocycles. The Morgan fingerprint density at radius 2 is 1.97 bits per heavy atom. The number of carboxylic acids is 1. The van der Waals surface area contributed by atoms with Gasteiger partial charge in [0.25, 0.3) is 0 Å². The number of anilines is 1. The number of carboxylic acid groups (broad SMARTS) is 1. The van der Waals surface area contributed by atoms with Crippen LogP contribution in [-0.4, -0.2) is 56.8 Å². The van der Waals surface area contributed by atoms with E-state index in [1.54, 1.807) is 16.8 Å². The maximum atomic E-state index is 14.4. The first-order chi connectivity index (χ1) is 16.4. The van der Waals surface area contributed by atoms with E-state index in [0.29, 0.717) is 30.9 Å². The summed E-state index contributed by atoms with van der Waals surface area (Å²) >= 11 is 0. The first-order valence-electron chi connectivity index (χ1n) is 10.8. The second kappa shape index (κ2) is 9.79. The third-order valence-electron chi connectivity index (χ3n) is 5.47. The van der Waals surface area contributed by atoms with E-state index in [2.05, 4.69) is 20.3 Å². The summed E-state index contributed by atoms with van der Waals surface area (Å²) < 4.78 is 16.0. The molecule has 11 heteroatoms. The van der Waals surface area contributed by atoms with Crippen LogP contribution in [0.2, 0.25) is 0 Å². The molecule has 0 radical (unpaired) electrons. The summed E-state index contributed by atoms with van der Waals surface area (Å²) in [6, 6.07) is 8.07. The van der Waals surface area contributed by atoms with Crippen LogP contribution >= 0.6 is 0 Å². The van der Waals surface area contributed by atoms with Gasteiger partial charge >= 0.3 is 5.97 Å². The molecule has 0 atom stereocenters. The van der Waals surface area contributed by atoms with E-state index in [1.807, 2.05) is 24.0 Å². The van der Waals surface area contributed by atoms with Gasteiger partial charge in [0.15, 0.2) is 11.6 Å². The third-order valence-corrected chi connectivity index (χ3v) is 5.47. The highest BCUT2D eigenvalue weighted by Gasteiger charge is 2.21. The Morgan fingerprint density at radius 1 is 1.21 bits per heavy atom. The number of aromatic nitrogens is 4. The molecule has 176 valence electrons. The average Bonchev–Trinajstić information content (AvgIpc) is 2.85. The lowest BCUT2D eigenvalue weighted by molar-refractivity contribution is 0.0695. The Bertz CT molecular complexity index is 1480. The van der Waals surface area contributed by atoms with Gasteiger partial charge in [-0.3, -0.25) is 9.59 Å². The topological polar surface area (TPSA) is 133 Å². The Hall–Kier alpha value is -4.12. The molecule has 4 aromatic heterocycles. The number of aromatic amines is 1. The van der Waals surface area contributed by atoms with E-state index >= 15 is 0 Å². The fourth-order valence-electron chi connectivity index (χ4n) is 3.75. The minimum absolute atomic E-state index is 0.0110. The maximum absolute atomic E-state index is 14.4. The molecule has 10 nitrogen and oxygen atoms in total. The van der Waals surface area contributed by atoms with Gasteiger partial charge < -0.3 is 24.9 Å². The fraction of sp³-hybridized carbons (Fsp3) is 0.261. The van der Waals surface area contributed by atoms with Crippen molar-refractivity contribution >= 4 is 33.9 Å². The van der Waals surface area contributed by atoms with Crippen molar-refractivity contribution in [2.75, 3.05) is 31.1 Å². The van der Waals surface area contributed by atoms with E-state index < -0.39 is 17.2 Å². The molecular weight excluding hydrogens is 443 g/mol. The summed E-state index contributed by atoms with van der Waals surface area (Å²) in [6.45, 7) is 4.95. The van der Waals surface area contributed by atoms with Crippen molar-refractivity contribution in [2.45, 2.75) is 13.5 Å². The minimum atomic E-state index is -1.33. The van der Waals surface area contributed by atoms with E-state index in [-0.39, 0.29) is 22.3 Å². The van der Waals surface area contributed by atoms with Crippen molar-refractivity contribution in [3.8, 4) is 0 Å². The van der Waals surface area contributed by atoms with Crippen LogP contribution in [0.25, 0.3) is 22.1 Å². The number of aromatic carboxylic acids is 1. The van der Waals surface area contributed by atoms with Crippen LogP contribution in [0.1, 0.15) is 17.3 Å². The number of hydrogen-bond donors (Lipinski definition) is 3.